The number of furan rings is 1. The molecular weight excluding hydrogens is 274 g/mol. The minimum atomic E-state index is -0.180. The maximum atomic E-state index is 12.1. The number of nitrogens with zero attached hydrogens (tertiary/aromatic N) is 3. The second-order valence-corrected chi connectivity index (χ2v) is 4.84. The minimum Gasteiger partial charge on any atom is -0.462 e. The van der Waals surface area contributed by atoms with Gasteiger partial charge in [0.05, 0.1) is 25.1 Å². The molecule has 1 N–H and O–H groups in total. The second-order valence-electron chi connectivity index (χ2n) is 4.84. The fourth-order valence-electron chi connectivity index (χ4n) is 2.28. The van der Waals surface area contributed by atoms with Gasteiger partial charge in [-0.25, -0.2) is 4.68 Å². The van der Waals surface area contributed by atoms with Crippen molar-refractivity contribution in [1.82, 2.24) is 9.78 Å². The predicted molar refractivity (Wildman–Crippen MR) is 75.3 cm³/mol. The topological polar surface area (TPSA) is 80.7 Å². The summed E-state index contributed by atoms with van der Waals surface area (Å²) >= 11 is 0. The lowest BCUT2D eigenvalue weighted by molar-refractivity contribution is 0.122. The fraction of sp³-hybridized carbons (Fsp3) is 0.429. The Kier molecular flexibility index (Phi) is 4.03. The molecule has 0 aliphatic carbocycles. The summed E-state index contributed by atoms with van der Waals surface area (Å²) in [5, 5.41) is 13.1. The van der Waals surface area contributed by atoms with Crippen LogP contribution in [0.2, 0.25) is 0 Å². The summed E-state index contributed by atoms with van der Waals surface area (Å²) in [6.07, 6.45) is 1.68. The summed E-state index contributed by atoms with van der Waals surface area (Å²) < 4.78 is 12.0. The molecule has 7 nitrogen and oxygen atoms in total. The van der Waals surface area contributed by atoms with Gasteiger partial charge in [-0.1, -0.05) is 0 Å². The van der Waals surface area contributed by atoms with Crippen LogP contribution in [0.3, 0.4) is 0 Å². The van der Waals surface area contributed by atoms with E-state index in [-0.39, 0.29) is 18.7 Å². The molecule has 0 spiro atoms. The smallest absolute Gasteiger partial charge is 0.269 e. The summed E-state index contributed by atoms with van der Waals surface area (Å²) in [5.74, 6) is 1.07. The zero-order valence-electron chi connectivity index (χ0n) is 11.6. The van der Waals surface area contributed by atoms with Crippen molar-refractivity contribution in [2.24, 2.45) is 0 Å². The molecule has 3 rings (SSSR count). The molecule has 0 bridgehead atoms. The lowest BCUT2D eigenvalue weighted by Crippen LogP contribution is -2.37. The molecule has 1 saturated heterocycles. The molecule has 7 heteroatoms. The van der Waals surface area contributed by atoms with Gasteiger partial charge in [0.15, 0.2) is 0 Å². The van der Waals surface area contributed by atoms with Crippen LogP contribution in [-0.4, -0.2) is 41.2 Å². The first-order valence-corrected chi connectivity index (χ1v) is 6.84. The number of aliphatic hydroxyl groups is 1. The molecule has 112 valence electrons. The van der Waals surface area contributed by atoms with Gasteiger partial charge in [-0.3, -0.25) is 4.79 Å². The Morgan fingerprint density at radius 2 is 2.00 bits per heavy atom. The van der Waals surface area contributed by atoms with Gasteiger partial charge in [-0.2, -0.15) is 5.10 Å². The number of ether oxygens (including phenoxy) is 1. The number of hydrogen-bond acceptors (Lipinski definition) is 6. The van der Waals surface area contributed by atoms with Crippen LogP contribution in [0, 0.1) is 0 Å². The summed E-state index contributed by atoms with van der Waals surface area (Å²) in [6, 6.07) is 4.99. The van der Waals surface area contributed by atoms with E-state index in [0.717, 1.165) is 18.8 Å². The first kappa shape index (κ1) is 13.8. The summed E-state index contributed by atoms with van der Waals surface area (Å²) in [7, 11) is 0. The zero-order valence-corrected chi connectivity index (χ0v) is 11.6. The van der Waals surface area contributed by atoms with Crippen LogP contribution in [0.1, 0.15) is 11.5 Å². The highest BCUT2D eigenvalue weighted by Gasteiger charge is 2.13. The van der Waals surface area contributed by atoms with Gasteiger partial charge < -0.3 is 19.2 Å². The highest BCUT2D eigenvalue weighted by molar-refractivity contribution is 5.43. The van der Waals surface area contributed by atoms with E-state index in [1.54, 1.807) is 24.4 Å². The molecule has 0 radical (unpaired) electrons. The molecule has 3 heterocycles. The van der Waals surface area contributed by atoms with Crippen molar-refractivity contribution >= 4 is 5.69 Å². The van der Waals surface area contributed by atoms with E-state index in [0.29, 0.717) is 24.7 Å². The summed E-state index contributed by atoms with van der Waals surface area (Å²) in [4.78, 5) is 14.2. The predicted octanol–water partition coefficient (Wildman–Crippen LogP) is 0.213. The van der Waals surface area contributed by atoms with Crippen LogP contribution >= 0.6 is 0 Å². The van der Waals surface area contributed by atoms with Crippen LogP contribution in [0.5, 0.6) is 0 Å². The van der Waals surface area contributed by atoms with Gasteiger partial charge in [-0.15, -0.1) is 0 Å². The number of aliphatic hydroxyl groups excluding tert-OH is 1. The van der Waals surface area contributed by atoms with Crippen LogP contribution in [-0.2, 0) is 17.9 Å². The third-order valence-corrected chi connectivity index (χ3v) is 3.41. The molecule has 0 saturated carbocycles. The molecule has 21 heavy (non-hydrogen) atoms. The average Bonchev–Trinajstić information content (AvgIpc) is 2.98. The number of hydrogen-bond donors (Lipinski definition) is 1. The van der Waals surface area contributed by atoms with Crippen LogP contribution in [0.4, 0.5) is 5.69 Å². The van der Waals surface area contributed by atoms with Crippen LogP contribution in [0.15, 0.2) is 33.6 Å². The van der Waals surface area contributed by atoms with Crippen molar-refractivity contribution in [2.45, 2.75) is 13.2 Å². The highest BCUT2D eigenvalue weighted by atomic mass is 16.5. The van der Waals surface area contributed by atoms with E-state index >= 15 is 0 Å². The van der Waals surface area contributed by atoms with Crippen molar-refractivity contribution in [2.75, 3.05) is 31.2 Å². The maximum Gasteiger partial charge on any atom is 0.269 e. The van der Waals surface area contributed by atoms with Crippen molar-refractivity contribution in [3.8, 4) is 0 Å². The van der Waals surface area contributed by atoms with Gasteiger partial charge >= 0.3 is 0 Å². The lowest BCUT2D eigenvalue weighted by atomic mass is 10.3. The standard InChI is InChI=1S/C14H17N3O4/c18-10-13-2-1-12(21-13)9-17-14(19)7-11(8-15-17)16-3-5-20-6-4-16/h1-2,7-8,18H,3-6,9-10H2. The Balaban J connectivity index is 1.76. The first-order valence-electron chi connectivity index (χ1n) is 6.84. The fourth-order valence-corrected chi connectivity index (χ4v) is 2.28. The second kappa shape index (κ2) is 6.11. The van der Waals surface area contributed by atoms with Gasteiger partial charge in [-0.05, 0) is 12.1 Å². The zero-order chi connectivity index (χ0) is 14.7. The lowest BCUT2D eigenvalue weighted by Gasteiger charge is -2.28. The number of anilines is 1. The molecular formula is C14H17N3O4. The Morgan fingerprint density at radius 3 is 2.67 bits per heavy atom. The van der Waals surface area contributed by atoms with Crippen molar-refractivity contribution in [3.05, 3.63) is 46.3 Å². The SMILES string of the molecule is O=c1cc(N2CCOCC2)cnn1Cc1ccc(CO)o1. The highest BCUT2D eigenvalue weighted by Crippen LogP contribution is 2.12. The maximum absolute atomic E-state index is 12.1. The largest absolute Gasteiger partial charge is 0.462 e. The van der Waals surface area contributed by atoms with E-state index in [1.165, 1.54) is 4.68 Å². The van der Waals surface area contributed by atoms with Crippen molar-refractivity contribution in [3.63, 3.8) is 0 Å². The molecule has 0 aromatic carbocycles. The summed E-state index contributed by atoms with van der Waals surface area (Å²) in [5.41, 5.74) is 0.635. The third kappa shape index (κ3) is 3.14. The number of aromatic nitrogens is 2. The van der Waals surface area contributed by atoms with Gasteiger partial charge in [0.2, 0.25) is 0 Å². The van der Waals surface area contributed by atoms with Gasteiger partial charge in [0.1, 0.15) is 24.7 Å². The Labute approximate surface area is 121 Å². The minimum absolute atomic E-state index is 0.154. The molecule has 1 aliphatic rings. The number of morpholine rings is 1. The molecule has 1 aliphatic heterocycles. The Morgan fingerprint density at radius 1 is 1.24 bits per heavy atom. The third-order valence-electron chi connectivity index (χ3n) is 3.41. The molecule has 0 unspecified atom stereocenters. The Hall–Kier alpha value is -2.12. The number of rotatable bonds is 4. The normalized spacial score (nSPS) is 15.4. The Bertz CT molecular complexity index is 658. The first-order chi connectivity index (χ1) is 10.3. The van der Waals surface area contributed by atoms with E-state index in [4.69, 9.17) is 14.3 Å². The molecule has 2 aromatic heterocycles. The average molecular weight is 291 g/mol. The van der Waals surface area contributed by atoms with Crippen LogP contribution in [0.25, 0.3) is 0 Å². The van der Waals surface area contributed by atoms with Gasteiger partial charge in [0, 0.05) is 19.2 Å². The quantitative estimate of drug-likeness (QED) is 0.867. The molecule has 0 amide bonds. The van der Waals surface area contributed by atoms with E-state index in [1.807, 2.05) is 0 Å². The molecule has 1 fully saturated rings. The van der Waals surface area contributed by atoms with E-state index in [2.05, 4.69) is 10.00 Å². The van der Waals surface area contributed by atoms with Crippen molar-refractivity contribution in [1.29, 1.82) is 0 Å². The monoisotopic (exact) mass is 291 g/mol. The van der Waals surface area contributed by atoms with Gasteiger partial charge in [0.25, 0.3) is 5.56 Å². The molecule has 0 atom stereocenters. The summed E-state index contributed by atoms with van der Waals surface area (Å²) in [6.45, 7) is 2.96. The van der Waals surface area contributed by atoms with Crippen molar-refractivity contribution < 1.29 is 14.3 Å². The van der Waals surface area contributed by atoms with E-state index < -0.39 is 0 Å². The molecule has 2 aromatic rings. The van der Waals surface area contributed by atoms with Crippen LogP contribution < -0.4 is 10.5 Å². The van der Waals surface area contributed by atoms with E-state index in [9.17, 15) is 4.79 Å².